The molecule has 0 bridgehead atoms. The Kier molecular flexibility index (Phi) is 4.63. The van der Waals surface area contributed by atoms with Gasteiger partial charge < -0.3 is 0 Å². The minimum absolute atomic E-state index is 0.139. The summed E-state index contributed by atoms with van der Waals surface area (Å²) >= 11 is 11.3. The number of halogens is 3. The average molecular weight is 344 g/mol. The molecule has 0 radical (unpaired) electrons. The number of hydrogen-bond acceptors (Lipinski definition) is 3. The van der Waals surface area contributed by atoms with Crippen LogP contribution < -0.4 is 0 Å². The van der Waals surface area contributed by atoms with Gasteiger partial charge in [-0.3, -0.25) is 0 Å². The van der Waals surface area contributed by atoms with Gasteiger partial charge >= 0.3 is 0 Å². The van der Waals surface area contributed by atoms with Gasteiger partial charge in [-0.1, -0.05) is 30.7 Å². The van der Waals surface area contributed by atoms with Crippen LogP contribution in [0.15, 0.2) is 12.1 Å². The molecule has 0 amide bonds. The highest BCUT2D eigenvalue weighted by molar-refractivity contribution is 7.71. The van der Waals surface area contributed by atoms with Gasteiger partial charge in [0, 0.05) is 12.5 Å². The van der Waals surface area contributed by atoms with Gasteiger partial charge in [-0.2, -0.15) is 5.10 Å². The normalized spacial score (nSPS) is 11.8. The highest BCUT2D eigenvalue weighted by Gasteiger charge is 2.29. The van der Waals surface area contributed by atoms with Crippen molar-refractivity contribution in [3.63, 3.8) is 0 Å². The molecule has 0 spiro atoms. The molecule has 0 N–H and O–H groups in total. The molecule has 3 nitrogen and oxygen atoms in total. The summed E-state index contributed by atoms with van der Waals surface area (Å²) < 4.78 is 29.0. The van der Waals surface area contributed by atoms with E-state index in [1.54, 1.807) is 19.9 Å². The Hall–Kier alpha value is -1.40. The molecule has 22 heavy (non-hydrogen) atoms. The predicted octanol–water partition coefficient (Wildman–Crippen LogP) is 4.94. The first kappa shape index (κ1) is 17.0. The summed E-state index contributed by atoms with van der Waals surface area (Å²) in [6.45, 7) is 6.21. The summed E-state index contributed by atoms with van der Waals surface area (Å²) in [5, 5.41) is 4.83. The van der Waals surface area contributed by atoms with E-state index in [-0.39, 0.29) is 10.2 Å². The van der Waals surface area contributed by atoms with E-state index in [1.807, 2.05) is 6.92 Å². The van der Waals surface area contributed by atoms with Gasteiger partial charge in [-0.15, -0.1) is 0 Å². The van der Waals surface area contributed by atoms with Crippen LogP contribution in [0.25, 0.3) is 5.82 Å². The van der Waals surface area contributed by atoms with Crippen molar-refractivity contribution in [2.24, 2.45) is 0 Å². The molecule has 0 saturated heterocycles. The first-order chi connectivity index (χ1) is 10.1. The molecule has 2 aromatic rings. The molecule has 118 valence electrons. The molecule has 0 aliphatic carbocycles. The highest BCUT2D eigenvalue weighted by atomic mass is 35.5. The average Bonchev–Trinajstić information content (AvgIpc) is 2.42. The second kappa shape index (κ2) is 6.01. The van der Waals surface area contributed by atoms with E-state index < -0.39 is 5.92 Å². The Morgan fingerprint density at radius 2 is 1.95 bits per heavy atom. The number of alkyl halides is 2. The predicted molar refractivity (Wildman–Crippen MR) is 85.6 cm³/mol. The van der Waals surface area contributed by atoms with Gasteiger partial charge in [0.15, 0.2) is 5.82 Å². The zero-order valence-electron chi connectivity index (χ0n) is 12.7. The quantitative estimate of drug-likeness (QED) is 0.739. The maximum Gasteiger partial charge on any atom is 0.272 e. The first-order valence-electron chi connectivity index (χ1n) is 6.80. The van der Waals surface area contributed by atoms with Crippen molar-refractivity contribution in [2.45, 2.75) is 40.0 Å². The standard InChI is InChI=1S/C15H16ClF2N3S/c1-5-12-10(15(4,17)18)7-13(22)21(20-12)14-8(2)6-11(16)9(3)19-14/h6-7H,5H2,1-4H3. The Morgan fingerprint density at radius 1 is 1.32 bits per heavy atom. The lowest BCUT2D eigenvalue weighted by Gasteiger charge is -2.17. The van der Waals surface area contributed by atoms with E-state index in [9.17, 15) is 8.78 Å². The lowest BCUT2D eigenvalue weighted by Crippen LogP contribution is -2.17. The van der Waals surface area contributed by atoms with Crippen LogP contribution in [0.5, 0.6) is 0 Å². The second-order valence-electron chi connectivity index (χ2n) is 5.19. The van der Waals surface area contributed by atoms with E-state index >= 15 is 0 Å². The number of nitrogens with zero attached hydrogens (tertiary/aromatic N) is 3. The summed E-state index contributed by atoms with van der Waals surface area (Å²) in [5.74, 6) is -2.48. The van der Waals surface area contributed by atoms with Crippen LogP contribution in [-0.4, -0.2) is 14.8 Å². The van der Waals surface area contributed by atoms with Crippen LogP contribution in [0.2, 0.25) is 5.02 Å². The molecule has 7 heteroatoms. The molecule has 0 fully saturated rings. The van der Waals surface area contributed by atoms with Crippen LogP contribution in [0.3, 0.4) is 0 Å². The minimum Gasteiger partial charge on any atom is -0.232 e. The van der Waals surface area contributed by atoms with Crippen molar-refractivity contribution < 1.29 is 8.78 Å². The fourth-order valence-corrected chi connectivity index (χ4v) is 2.61. The minimum atomic E-state index is -2.98. The summed E-state index contributed by atoms with van der Waals surface area (Å²) in [6, 6.07) is 3.06. The lowest BCUT2D eigenvalue weighted by molar-refractivity contribution is 0.0158. The number of aryl methyl sites for hydroxylation is 3. The third-order valence-corrected chi connectivity index (χ3v) is 4.01. The van der Waals surface area contributed by atoms with E-state index in [0.717, 1.165) is 12.5 Å². The molecule has 2 aromatic heterocycles. The Bertz CT molecular complexity index is 782. The van der Waals surface area contributed by atoms with Crippen molar-refractivity contribution in [3.8, 4) is 5.82 Å². The topological polar surface area (TPSA) is 30.7 Å². The molecule has 0 atom stereocenters. The summed E-state index contributed by atoms with van der Waals surface area (Å²) in [5.41, 5.74) is 1.57. The third kappa shape index (κ3) is 3.17. The van der Waals surface area contributed by atoms with Crippen molar-refractivity contribution >= 4 is 23.8 Å². The molecule has 0 unspecified atom stereocenters. The Labute approximate surface area is 138 Å². The van der Waals surface area contributed by atoms with Crippen LogP contribution in [-0.2, 0) is 12.3 Å². The number of hydrogen-bond donors (Lipinski definition) is 0. The number of pyridine rings is 1. The molecule has 2 heterocycles. The first-order valence-corrected chi connectivity index (χ1v) is 7.59. The van der Waals surface area contributed by atoms with E-state index in [0.29, 0.717) is 28.6 Å². The molecular weight excluding hydrogens is 328 g/mol. The zero-order chi connectivity index (χ0) is 16.7. The monoisotopic (exact) mass is 343 g/mol. The van der Waals surface area contributed by atoms with E-state index in [1.165, 1.54) is 10.7 Å². The van der Waals surface area contributed by atoms with Gasteiger partial charge in [0.25, 0.3) is 5.92 Å². The summed E-state index contributed by atoms with van der Waals surface area (Å²) in [6.07, 6.45) is 0.375. The summed E-state index contributed by atoms with van der Waals surface area (Å²) in [4.78, 5) is 4.38. The van der Waals surface area contributed by atoms with Crippen molar-refractivity contribution in [3.05, 3.63) is 44.3 Å². The fourth-order valence-electron chi connectivity index (χ4n) is 2.16. The SMILES string of the molecule is CCc1nn(-c2nc(C)c(Cl)cc2C)c(=S)cc1C(C)(F)F. The maximum atomic E-state index is 13.7. The fraction of sp³-hybridized carbons (Fsp3) is 0.400. The highest BCUT2D eigenvalue weighted by Crippen LogP contribution is 2.30. The van der Waals surface area contributed by atoms with Crippen molar-refractivity contribution in [1.29, 1.82) is 0 Å². The van der Waals surface area contributed by atoms with Crippen LogP contribution in [0, 0.1) is 18.5 Å². The van der Waals surface area contributed by atoms with E-state index in [4.69, 9.17) is 23.8 Å². The van der Waals surface area contributed by atoms with Crippen LogP contribution in [0.1, 0.15) is 36.4 Å². The molecular formula is C15H16ClF2N3S. The van der Waals surface area contributed by atoms with E-state index in [2.05, 4.69) is 10.1 Å². The molecule has 2 rings (SSSR count). The van der Waals surface area contributed by atoms with Crippen LogP contribution in [0.4, 0.5) is 8.78 Å². The van der Waals surface area contributed by atoms with Gasteiger partial charge in [0.2, 0.25) is 0 Å². The van der Waals surface area contributed by atoms with Gasteiger partial charge in [-0.25, -0.2) is 18.4 Å². The summed E-state index contributed by atoms with van der Waals surface area (Å²) in [7, 11) is 0. The Balaban J connectivity index is 2.73. The zero-order valence-corrected chi connectivity index (χ0v) is 14.3. The third-order valence-electron chi connectivity index (χ3n) is 3.33. The number of rotatable bonds is 3. The molecule has 0 aliphatic heterocycles. The van der Waals surface area contributed by atoms with Gasteiger partial charge in [-0.05, 0) is 38.0 Å². The van der Waals surface area contributed by atoms with Gasteiger partial charge in [0.1, 0.15) is 4.64 Å². The molecule has 0 aliphatic rings. The van der Waals surface area contributed by atoms with Crippen LogP contribution >= 0.6 is 23.8 Å². The van der Waals surface area contributed by atoms with Crippen molar-refractivity contribution in [2.75, 3.05) is 0 Å². The number of aromatic nitrogens is 3. The molecule has 0 aromatic carbocycles. The lowest BCUT2D eigenvalue weighted by atomic mass is 10.1. The van der Waals surface area contributed by atoms with Crippen molar-refractivity contribution in [1.82, 2.24) is 14.8 Å². The smallest absolute Gasteiger partial charge is 0.232 e. The second-order valence-corrected chi connectivity index (χ2v) is 6.02. The Morgan fingerprint density at radius 3 is 2.50 bits per heavy atom. The molecule has 0 saturated carbocycles. The maximum absolute atomic E-state index is 13.7. The van der Waals surface area contributed by atoms with Gasteiger partial charge in [0.05, 0.1) is 16.4 Å². The largest absolute Gasteiger partial charge is 0.272 e.